The summed E-state index contributed by atoms with van der Waals surface area (Å²) in [6.45, 7) is 3.84. The van der Waals surface area contributed by atoms with Crippen LogP contribution in [0.2, 0.25) is 0 Å². The van der Waals surface area contributed by atoms with Gasteiger partial charge in [-0.05, 0) is 12.1 Å². The highest BCUT2D eigenvalue weighted by Gasteiger charge is 2.03. The summed E-state index contributed by atoms with van der Waals surface area (Å²) in [6, 6.07) is 5.82. The van der Waals surface area contributed by atoms with Crippen molar-refractivity contribution < 1.29 is 9.13 Å². The highest BCUT2D eigenvalue weighted by molar-refractivity contribution is 9.11. The molecule has 0 fully saturated rings. The molecule has 0 unspecified atom stereocenters. The molecule has 0 aliphatic rings. The zero-order chi connectivity index (χ0) is 10.6. The lowest BCUT2D eigenvalue weighted by atomic mass is 10.2. The molecule has 1 aromatic carbocycles. The normalized spacial score (nSPS) is 9.21. The maximum atomic E-state index is 13.0. The predicted octanol–water partition coefficient (Wildman–Crippen LogP) is 2.98. The third kappa shape index (κ3) is 2.86. The number of ether oxygens (including phenoxy) is 1. The first-order valence-corrected chi connectivity index (χ1v) is 4.58. The van der Waals surface area contributed by atoms with Gasteiger partial charge in [0.2, 0.25) is 0 Å². The monoisotopic (exact) mass is 255 g/mol. The number of nitrogens with zero attached hydrogens (tertiary/aromatic N) is 1. The van der Waals surface area contributed by atoms with E-state index >= 15 is 0 Å². The largest absolute Gasteiger partial charge is 0.488 e. The fourth-order valence-electron chi connectivity index (χ4n) is 0.838. The van der Waals surface area contributed by atoms with Crippen LogP contribution in [0.3, 0.4) is 0 Å². The van der Waals surface area contributed by atoms with Crippen molar-refractivity contribution in [1.29, 1.82) is 5.26 Å². The summed E-state index contributed by atoms with van der Waals surface area (Å²) in [5, 5.41) is 8.48. The molecule has 0 spiro atoms. The Bertz CT molecular complexity index is 398. The van der Waals surface area contributed by atoms with Gasteiger partial charge >= 0.3 is 0 Å². The molecule has 0 aromatic heterocycles. The van der Waals surface area contributed by atoms with E-state index in [-0.39, 0.29) is 12.2 Å². The van der Waals surface area contributed by atoms with Gasteiger partial charge in [0.05, 0.1) is 5.56 Å². The van der Waals surface area contributed by atoms with E-state index in [4.69, 9.17) is 10.00 Å². The zero-order valence-electron chi connectivity index (χ0n) is 7.26. The fourth-order valence-corrected chi connectivity index (χ4v) is 0.952. The summed E-state index contributed by atoms with van der Waals surface area (Å²) in [5.74, 6) is -0.202. The Balaban J connectivity index is 2.77. The Kier molecular flexibility index (Phi) is 3.66. The molecule has 1 aromatic rings. The average molecular weight is 256 g/mol. The van der Waals surface area contributed by atoms with Crippen LogP contribution in [0.4, 0.5) is 4.39 Å². The van der Waals surface area contributed by atoms with Crippen molar-refractivity contribution in [1.82, 2.24) is 0 Å². The Hall–Kier alpha value is -1.34. The summed E-state index contributed by atoms with van der Waals surface area (Å²) in [7, 11) is 0. The minimum Gasteiger partial charge on any atom is -0.488 e. The lowest BCUT2D eigenvalue weighted by Gasteiger charge is -2.04. The van der Waals surface area contributed by atoms with Gasteiger partial charge in [-0.2, -0.15) is 5.26 Å². The number of nitriles is 1. The summed E-state index contributed by atoms with van der Waals surface area (Å²) >= 11 is 3.11. The minimum absolute atomic E-state index is 0.00928. The van der Waals surface area contributed by atoms with E-state index in [0.29, 0.717) is 10.2 Å². The molecule has 0 aliphatic carbocycles. The third-order valence-corrected chi connectivity index (χ3v) is 1.69. The predicted molar refractivity (Wildman–Crippen MR) is 54.7 cm³/mol. The smallest absolute Gasteiger partial charge is 0.144 e. The van der Waals surface area contributed by atoms with Crippen LogP contribution >= 0.6 is 15.9 Å². The Morgan fingerprint density at radius 3 is 2.86 bits per heavy atom. The first-order valence-electron chi connectivity index (χ1n) is 3.79. The second kappa shape index (κ2) is 4.77. The number of rotatable bonds is 3. The van der Waals surface area contributed by atoms with Crippen LogP contribution in [-0.4, -0.2) is 6.61 Å². The van der Waals surface area contributed by atoms with Gasteiger partial charge in [-0.25, -0.2) is 4.39 Å². The van der Waals surface area contributed by atoms with Crippen LogP contribution in [0, 0.1) is 17.1 Å². The van der Waals surface area contributed by atoms with Gasteiger partial charge in [-0.3, -0.25) is 0 Å². The second-order valence-electron chi connectivity index (χ2n) is 2.56. The van der Waals surface area contributed by atoms with Crippen LogP contribution < -0.4 is 4.74 Å². The van der Waals surface area contributed by atoms with Gasteiger partial charge < -0.3 is 4.74 Å². The average Bonchev–Trinajstić information content (AvgIpc) is 2.15. The van der Waals surface area contributed by atoms with E-state index in [2.05, 4.69) is 22.5 Å². The number of benzene rings is 1. The number of hydrogen-bond donors (Lipinski definition) is 0. The molecular formula is C10H7BrFNO. The Morgan fingerprint density at radius 2 is 2.36 bits per heavy atom. The van der Waals surface area contributed by atoms with Gasteiger partial charge in [0.25, 0.3) is 0 Å². The highest BCUT2D eigenvalue weighted by Crippen LogP contribution is 2.17. The molecule has 72 valence electrons. The van der Waals surface area contributed by atoms with Crippen LogP contribution in [0.1, 0.15) is 5.56 Å². The van der Waals surface area contributed by atoms with Crippen molar-refractivity contribution in [2.24, 2.45) is 0 Å². The number of halogens is 2. The van der Waals surface area contributed by atoms with Crippen LogP contribution in [-0.2, 0) is 0 Å². The molecule has 0 atom stereocenters. The van der Waals surface area contributed by atoms with Gasteiger partial charge in [-0.1, -0.05) is 22.5 Å². The van der Waals surface area contributed by atoms with E-state index < -0.39 is 5.82 Å². The summed E-state index contributed by atoms with van der Waals surface area (Å²) in [6.07, 6.45) is 0. The highest BCUT2D eigenvalue weighted by atomic mass is 79.9. The topological polar surface area (TPSA) is 33.0 Å². The standard InChI is InChI=1S/C10H7BrFNO/c1-7(11)6-14-9-3-2-8(5-13)10(12)4-9/h2-4H,1,6H2. The molecule has 2 nitrogen and oxygen atoms in total. The maximum Gasteiger partial charge on any atom is 0.144 e. The minimum atomic E-state index is -0.579. The zero-order valence-corrected chi connectivity index (χ0v) is 8.84. The fraction of sp³-hybridized carbons (Fsp3) is 0.100. The summed E-state index contributed by atoms with van der Waals surface area (Å²) in [4.78, 5) is 0. The SMILES string of the molecule is C=C(Br)COc1ccc(C#N)c(F)c1. The Morgan fingerprint density at radius 1 is 1.64 bits per heavy atom. The summed E-state index contributed by atoms with van der Waals surface area (Å²) in [5.41, 5.74) is 0.00928. The van der Waals surface area contributed by atoms with Crippen molar-refractivity contribution in [2.45, 2.75) is 0 Å². The van der Waals surface area contributed by atoms with Crippen molar-refractivity contribution in [3.05, 3.63) is 40.6 Å². The quantitative estimate of drug-likeness (QED) is 0.832. The molecule has 14 heavy (non-hydrogen) atoms. The number of hydrogen-bond acceptors (Lipinski definition) is 2. The van der Waals surface area contributed by atoms with Crippen molar-refractivity contribution >= 4 is 15.9 Å². The Labute approximate surface area is 89.7 Å². The molecule has 0 N–H and O–H groups in total. The van der Waals surface area contributed by atoms with Gasteiger partial charge in [0.15, 0.2) is 0 Å². The van der Waals surface area contributed by atoms with Crippen LogP contribution in [0.25, 0.3) is 0 Å². The van der Waals surface area contributed by atoms with Crippen LogP contribution in [0.5, 0.6) is 5.75 Å². The molecule has 0 saturated carbocycles. The van der Waals surface area contributed by atoms with E-state index in [1.165, 1.54) is 18.2 Å². The van der Waals surface area contributed by atoms with Crippen molar-refractivity contribution in [2.75, 3.05) is 6.61 Å². The van der Waals surface area contributed by atoms with E-state index in [0.717, 1.165) is 0 Å². The third-order valence-electron chi connectivity index (χ3n) is 1.46. The first kappa shape index (κ1) is 10.7. The van der Waals surface area contributed by atoms with Gasteiger partial charge in [0, 0.05) is 10.5 Å². The first-order chi connectivity index (χ1) is 6.63. The van der Waals surface area contributed by atoms with Crippen molar-refractivity contribution in [3.8, 4) is 11.8 Å². The molecule has 4 heteroatoms. The molecule has 1 rings (SSSR count). The van der Waals surface area contributed by atoms with Crippen molar-refractivity contribution in [3.63, 3.8) is 0 Å². The van der Waals surface area contributed by atoms with Crippen LogP contribution in [0.15, 0.2) is 29.3 Å². The maximum absolute atomic E-state index is 13.0. The van der Waals surface area contributed by atoms with Gasteiger partial charge in [-0.15, -0.1) is 0 Å². The molecule has 0 aliphatic heterocycles. The lowest BCUT2D eigenvalue weighted by Crippen LogP contribution is -1.96. The van der Waals surface area contributed by atoms with E-state index in [1.807, 2.05) is 0 Å². The molecule has 0 radical (unpaired) electrons. The van der Waals surface area contributed by atoms with Gasteiger partial charge in [0.1, 0.15) is 24.2 Å². The molecule has 0 heterocycles. The van der Waals surface area contributed by atoms with E-state index in [9.17, 15) is 4.39 Å². The van der Waals surface area contributed by atoms with E-state index in [1.54, 1.807) is 6.07 Å². The lowest BCUT2D eigenvalue weighted by molar-refractivity contribution is 0.358. The molecular weight excluding hydrogens is 249 g/mol. The summed E-state index contributed by atoms with van der Waals surface area (Å²) < 4.78 is 18.9. The molecule has 0 saturated heterocycles. The second-order valence-corrected chi connectivity index (χ2v) is 3.68. The molecule has 0 amide bonds. The molecule has 0 bridgehead atoms.